The van der Waals surface area contributed by atoms with Gasteiger partial charge in [0, 0.05) is 30.1 Å². The quantitative estimate of drug-likeness (QED) is 0.570. The normalized spacial score (nSPS) is 16.2. The van der Waals surface area contributed by atoms with E-state index >= 15 is 0 Å². The highest BCUT2D eigenvalue weighted by Gasteiger charge is 2.30. The van der Waals surface area contributed by atoms with Gasteiger partial charge in [0.2, 0.25) is 5.91 Å². The van der Waals surface area contributed by atoms with Gasteiger partial charge in [0.15, 0.2) is 5.82 Å². The summed E-state index contributed by atoms with van der Waals surface area (Å²) in [4.78, 5) is 24.3. The molecule has 0 bridgehead atoms. The van der Waals surface area contributed by atoms with Crippen molar-refractivity contribution in [3.05, 3.63) is 52.0 Å². The van der Waals surface area contributed by atoms with Crippen LogP contribution in [0.4, 0.5) is 5.82 Å². The minimum absolute atomic E-state index is 0.0197. The predicted molar refractivity (Wildman–Crippen MR) is 128 cm³/mol. The number of halogens is 2. The Bertz CT molecular complexity index is 1250. The molecule has 1 unspecified atom stereocenters. The molecule has 32 heavy (non-hydrogen) atoms. The number of rotatable bonds is 3. The molecule has 164 valence electrons. The van der Waals surface area contributed by atoms with Gasteiger partial charge in [-0.2, -0.15) is 5.26 Å². The summed E-state index contributed by atoms with van der Waals surface area (Å²) >= 11 is 12.4. The minimum Gasteiger partial charge on any atom is -0.353 e. The fraction of sp³-hybridized carbons (Fsp3) is 0.333. The molecule has 6 nitrogen and oxygen atoms in total. The number of carbonyl (C=O) groups excluding carboxylic acids is 1. The van der Waals surface area contributed by atoms with E-state index in [1.54, 1.807) is 24.3 Å². The first kappa shape index (κ1) is 22.3. The van der Waals surface area contributed by atoms with Crippen molar-refractivity contribution in [2.75, 3.05) is 18.0 Å². The summed E-state index contributed by atoms with van der Waals surface area (Å²) in [5.41, 5.74) is 2.81. The molecule has 0 spiro atoms. The van der Waals surface area contributed by atoms with Crippen molar-refractivity contribution in [3.63, 3.8) is 0 Å². The van der Waals surface area contributed by atoms with Crippen LogP contribution in [-0.2, 0) is 4.79 Å². The molecule has 4 rings (SSSR count). The second-order valence-corrected chi connectivity index (χ2v) is 9.81. The Morgan fingerprint density at radius 2 is 1.84 bits per heavy atom. The van der Waals surface area contributed by atoms with E-state index in [2.05, 4.69) is 16.3 Å². The number of nitriles is 1. The van der Waals surface area contributed by atoms with Gasteiger partial charge in [0.1, 0.15) is 5.69 Å². The van der Waals surface area contributed by atoms with Gasteiger partial charge in [-0.1, -0.05) is 56.1 Å². The summed E-state index contributed by atoms with van der Waals surface area (Å²) in [7, 11) is 0. The first-order chi connectivity index (χ1) is 15.2. The molecule has 1 fully saturated rings. The lowest BCUT2D eigenvalue weighted by molar-refractivity contribution is -0.129. The van der Waals surface area contributed by atoms with Crippen LogP contribution in [0, 0.1) is 16.7 Å². The van der Waals surface area contributed by atoms with Crippen LogP contribution >= 0.6 is 23.2 Å². The third-order valence-electron chi connectivity index (χ3n) is 5.46. The van der Waals surface area contributed by atoms with Crippen LogP contribution in [0.1, 0.15) is 32.8 Å². The second-order valence-electron chi connectivity index (χ2n) is 9.00. The molecule has 1 amide bonds. The van der Waals surface area contributed by atoms with Crippen LogP contribution in [0.3, 0.4) is 0 Å². The maximum absolute atomic E-state index is 12.5. The van der Waals surface area contributed by atoms with E-state index in [9.17, 15) is 10.1 Å². The summed E-state index contributed by atoms with van der Waals surface area (Å²) in [6.45, 7) is 7.05. The number of aromatic nitrogens is 2. The van der Waals surface area contributed by atoms with Crippen molar-refractivity contribution in [3.8, 4) is 17.3 Å². The zero-order chi connectivity index (χ0) is 23.0. The Hall–Kier alpha value is -2.88. The standard InChI is InChI=1S/C24H23Cl2N5O/c1-24(2,3)23(32)28-16-7-8-31(13-16)22-21(15-6-4-5-14(9-15)12-27)29-19-10-17(25)18(26)11-20(19)30-22/h4-6,9-11,16H,7-8,13H2,1-3H3,(H,28,32). The largest absolute Gasteiger partial charge is 0.353 e. The predicted octanol–water partition coefficient (Wildman–Crippen LogP) is 5.22. The maximum Gasteiger partial charge on any atom is 0.225 e. The summed E-state index contributed by atoms with van der Waals surface area (Å²) in [6, 6.07) is 12.9. The molecule has 2 aromatic carbocycles. The van der Waals surface area contributed by atoms with E-state index < -0.39 is 5.41 Å². The van der Waals surface area contributed by atoms with Crippen molar-refractivity contribution in [2.45, 2.75) is 33.2 Å². The maximum atomic E-state index is 12.5. The number of anilines is 1. The molecule has 1 aromatic heterocycles. The SMILES string of the molecule is CC(C)(C)C(=O)NC1CCN(c2nc3cc(Cl)c(Cl)cc3nc2-c2cccc(C#N)c2)C1. The Balaban J connectivity index is 1.76. The number of carbonyl (C=O) groups is 1. The molecule has 1 aliphatic heterocycles. The van der Waals surface area contributed by atoms with E-state index in [0.29, 0.717) is 44.7 Å². The number of nitrogens with one attached hydrogen (secondary N) is 1. The van der Waals surface area contributed by atoms with E-state index in [4.69, 9.17) is 33.2 Å². The van der Waals surface area contributed by atoms with E-state index in [1.807, 2.05) is 32.9 Å². The molecule has 1 atom stereocenters. The van der Waals surface area contributed by atoms with Gasteiger partial charge < -0.3 is 10.2 Å². The molecule has 0 aliphatic carbocycles. The fourth-order valence-corrected chi connectivity index (χ4v) is 3.98. The zero-order valence-electron chi connectivity index (χ0n) is 18.1. The number of hydrogen-bond acceptors (Lipinski definition) is 5. The topological polar surface area (TPSA) is 81.9 Å². The average Bonchev–Trinajstić information content (AvgIpc) is 3.21. The molecule has 1 N–H and O–H groups in total. The fourth-order valence-electron chi connectivity index (χ4n) is 3.66. The highest BCUT2D eigenvalue weighted by molar-refractivity contribution is 6.42. The smallest absolute Gasteiger partial charge is 0.225 e. The third kappa shape index (κ3) is 4.50. The molecular weight excluding hydrogens is 445 g/mol. The highest BCUT2D eigenvalue weighted by atomic mass is 35.5. The van der Waals surface area contributed by atoms with Crippen LogP contribution in [0.15, 0.2) is 36.4 Å². The first-order valence-electron chi connectivity index (χ1n) is 10.4. The third-order valence-corrected chi connectivity index (χ3v) is 6.18. The Morgan fingerprint density at radius 1 is 1.16 bits per heavy atom. The van der Waals surface area contributed by atoms with Gasteiger partial charge in [-0.3, -0.25) is 4.79 Å². The summed E-state index contributed by atoms with van der Waals surface area (Å²) in [5, 5.41) is 13.3. The van der Waals surface area contributed by atoms with Crippen molar-refractivity contribution in [2.24, 2.45) is 5.41 Å². The second kappa shape index (κ2) is 8.57. The Morgan fingerprint density at radius 3 is 2.50 bits per heavy atom. The van der Waals surface area contributed by atoms with Gasteiger partial charge in [-0.15, -0.1) is 0 Å². The van der Waals surface area contributed by atoms with Crippen LogP contribution < -0.4 is 10.2 Å². The minimum atomic E-state index is -0.449. The number of benzene rings is 2. The zero-order valence-corrected chi connectivity index (χ0v) is 19.6. The number of hydrogen-bond donors (Lipinski definition) is 1. The van der Waals surface area contributed by atoms with Gasteiger partial charge >= 0.3 is 0 Å². The van der Waals surface area contributed by atoms with Crippen LogP contribution in [-0.4, -0.2) is 35.0 Å². The van der Waals surface area contributed by atoms with E-state index in [1.165, 1.54) is 0 Å². The number of fused-ring (bicyclic) bond motifs is 1. The van der Waals surface area contributed by atoms with Crippen LogP contribution in [0.5, 0.6) is 0 Å². The molecular formula is C24H23Cl2N5O. The molecule has 1 saturated heterocycles. The van der Waals surface area contributed by atoms with Gasteiger partial charge in [-0.25, -0.2) is 9.97 Å². The van der Waals surface area contributed by atoms with E-state index in [-0.39, 0.29) is 11.9 Å². The molecule has 2 heterocycles. The Labute approximate surface area is 197 Å². The van der Waals surface area contributed by atoms with Crippen molar-refractivity contribution in [1.29, 1.82) is 5.26 Å². The Kier molecular flexibility index (Phi) is 5.98. The number of amides is 1. The van der Waals surface area contributed by atoms with Crippen LogP contribution in [0.2, 0.25) is 10.0 Å². The summed E-state index contributed by atoms with van der Waals surface area (Å²) in [6.07, 6.45) is 0.806. The number of nitrogens with zero attached hydrogens (tertiary/aromatic N) is 4. The molecule has 3 aromatic rings. The van der Waals surface area contributed by atoms with E-state index in [0.717, 1.165) is 18.5 Å². The van der Waals surface area contributed by atoms with Crippen molar-refractivity contribution < 1.29 is 4.79 Å². The van der Waals surface area contributed by atoms with Crippen LogP contribution in [0.25, 0.3) is 22.3 Å². The lowest BCUT2D eigenvalue weighted by atomic mass is 9.95. The monoisotopic (exact) mass is 467 g/mol. The molecule has 0 radical (unpaired) electrons. The summed E-state index contributed by atoms with van der Waals surface area (Å²) < 4.78 is 0. The van der Waals surface area contributed by atoms with Gasteiger partial charge in [-0.05, 0) is 30.7 Å². The van der Waals surface area contributed by atoms with Crippen molar-refractivity contribution >= 4 is 46.0 Å². The first-order valence-corrected chi connectivity index (χ1v) is 11.1. The highest BCUT2D eigenvalue weighted by Crippen LogP contribution is 2.34. The lowest BCUT2D eigenvalue weighted by Crippen LogP contribution is -2.43. The van der Waals surface area contributed by atoms with Gasteiger partial charge in [0.25, 0.3) is 0 Å². The lowest BCUT2D eigenvalue weighted by Gasteiger charge is -2.23. The summed E-state index contributed by atoms with van der Waals surface area (Å²) in [5.74, 6) is 0.718. The molecule has 0 saturated carbocycles. The molecule has 8 heteroatoms. The van der Waals surface area contributed by atoms with Crippen molar-refractivity contribution in [1.82, 2.24) is 15.3 Å². The molecule has 1 aliphatic rings. The van der Waals surface area contributed by atoms with Gasteiger partial charge in [0.05, 0.1) is 32.7 Å². The average molecular weight is 468 g/mol.